The van der Waals surface area contributed by atoms with Crippen LogP contribution in [0.2, 0.25) is 0 Å². The van der Waals surface area contributed by atoms with Crippen LogP contribution in [0, 0.1) is 0 Å². The molecular weight excluding hydrogens is 346 g/mol. The second-order valence-electron chi connectivity index (χ2n) is 4.53. The number of carbonyl (C=O) groups excluding carboxylic acids is 2. The summed E-state index contributed by atoms with van der Waals surface area (Å²) >= 11 is 3.32. The predicted octanol–water partition coefficient (Wildman–Crippen LogP) is 1.76. The van der Waals surface area contributed by atoms with E-state index in [1.165, 1.54) is 0 Å². The molecule has 110 valence electrons. The number of nitrogens with zero attached hydrogens (tertiary/aromatic N) is 2. The van der Waals surface area contributed by atoms with E-state index in [9.17, 15) is 9.59 Å². The Kier molecular flexibility index (Phi) is 5.83. The summed E-state index contributed by atoms with van der Waals surface area (Å²) < 4.78 is 0.850. The van der Waals surface area contributed by atoms with Gasteiger partial charge in [0.15, 0.2) is 0 Å². The standard InChI is InChI=1S/C13H16BrN3O2.ClH/c1-9(18)16-4-6-17(7-5-16)13(19)11-3-2-10(14)8-12(11)15;/h2-3,8H,4-7,15H2,1H3;1H. The lowest BCUT2D eigenvalue weighted by Gasteiger charge is -2.34. The molecule has 1 aromatic carbocycles. The van der Waals surface area contributed by atoms with Crippen molar-refractivity contribution >= 4 is 45.8 Å². The van der Waals surface area contributed by atoms with E-state index < -0.39 is 0 Å². The fourth-order valence-electron chi connectivity index (χ4n) is 2.12. The molecule has 1 saturated heterocycles. The molecule has 0 aromatic heterocycles. The molecule has 1 aliphatic rings. The van der Waals surface area contributed by atoms with Crippen molar-refractivity contribution in [1.82, 2.24) is 9.80 Å². The van der Waals surface area contributed by atoms with Gasteiger partial charge >= 0.3 is 0 Å². The van der Waals surface area contributed by atoms with Crippen molar-refractivity contribution < 1.29 is 9.59 Å². The molecule has 5 nitrogen and oxygen atoms in total. The molecule has 0 aliphatic carbocycles. The van der Waals surface area contributed by atoms with Gasteiger partial charge in [-0.1, -0.05) is 15.9 Å². The Morgan fingerprint density at radius 2 is 1.70 bits per heavy atom. The Hall–Kier alpha value is -1.27. The minimum atomic E-state index is -0.0757. The van der Waals surface area contributed by atoms with Gasteiger partial charge in [-0.2, -0.15) is 0 Å². The zero-order chi connectivity index (χ0) is 14.0. The second kappa shape index (κ2) is 6.95. The fraction of sp³-hybridized carbons (Fsp3) is 0.385. The molecule has 20 heavy (non-hydrogen) atoms. The molecule has 2 amide bonds. The van der Waals surface area contributed by atoms with Crippen LogP contribution in [0.4, 0.5) is 5.69 Å². The number of halogens is 2. The quantitative estimate of drug-likeness (QED) is 0.774. The van der Waals surface area contributed by atoms with Crippen molar-refractivity contribution in [3.05, 3.63) is 28.2 Å². The normalized spacial score (nSPS) is 14.7. The number of anilines is 1. The maximum absolute atomic E-state index is 12.3. The lowest BCUT2D eigenvalue weighted by atomic mass is 10.1. The van der Waals surface area contributed by atoms with Crippen LogP contribution in [-0.2, 0) is 4.79 Å². The van der Waals surface area contributed by atoms with E-state index in [1.807, 2.05) is 0 Å². The van der Waals surface area contributed by atoms with Crippen molar-refractivity contribution in [2.24, 2.45) is 0 Å². The average molecular weight is 363 g/mol. The Bertz CT molecular complexity index is 516. The van der Waals surface area contributed by atoms with Crippen LogP contribution in [0.15, 0.2) is 22.7 Å². The molecule has 2 N–H and O–H groups in total. The Morgan fingerprint density at radius 3 is 2.20 bits per heavy atom. The number of hydrogen-bond acceptors (Lipinski definition) is 3. The molecule has 0 atom stereocenters. The number of rotatable bonds is 1. The highest BCUT2D eigenvalue weighted by Crippen LogP contribution is 2.20. The summed E-state index contributed by atoms with van der Waals surface area (Å²) in [6.07, 6.45) is 0. The SMILES string of the molecule is CC(=O)N1CCN(C(=O)c2ccc(Br)cc2N)CC1.Cl. The first-order valence-corrected chi connectivity index (χ1v) is 6.88. The number of amides is 2. The van der Waals surface area contributed by atoms with Gasteiger partial charge in [0.05, 0.1) is 5.56 Å². The monoisotopic (exact) mass is 361 g/mol. The maximum Gasteiger partial charge on any atom is 0.256 e. The molecule has 0 spiro atoms. The molecule has 1 aromatic rings. The smallest absolute Gasteiger partial charge is 0.256 e. The summed E-state index contributed by atoms with van der Waals surface area (Å²) in [5.74, 6) is -0.0246. The number of carbonyl (C=O) groups is 2. The second-order valence-corrected chi connectivity index (χ2v) is 5.45. The van der Waals surface area contributed by atoms with Crippen molar-refractivity contribution in [2.75, 3.05) is 31.9 Å². The van der Waals surface area contributed by atoms with Crippen molar-refractivity contribution in [1.29, 1.82) is 0 Å². The Balaban J connectivity index is 0.00000200. The van der Waals surface area contributed by atoms with Crippen LogP contribution in [0.5, 0.6) is 0 Å². The van der Waals surface area contributed by atoms with Crippen molar-refractivity contribution in [2.45, 2.75) is 6.92 Å². The molecule has 7 heteroatoms. The van der Waals surface area contributed by atoms with Gasteiger partial charge in [-0.15, -0.1) is 12.4 Å². The van der Waals surface area contributed by atoms with E-state index in [0.29, 0.717) is 37.4 Å². The van der Waals surface area contributed by atoms with Crippen LogP contribution in [-0.4, -0.2) is 47.8 Å². The number of piperazine rings is 1. The van der Waals surface area contributed by atoms with Gasteiger partial charge in [-0.05, 0) is 18.2 Å². The van der Waals surface area contributed by atoms with Gasteiger partial charge in [-0.25, -0.2) is 0 Å². The lowest BCUT2D eigenvalue weighted by Crippen LogP contribution is -2.50. The minimum Gasteiger partial charge on any atom is -0.398 e. The molecule has 1 fully saturated rings. The lowest BCUT2D eigenvalue weighted by molar-refractivity contribution is -0.130. The average Bonchev–Trinajstić information content (AvgIpc) is 2.38. The number of benzene rings is 1. The highest BCUT2D eigenvalue weighted by molar-refractivity contribution is 9.10. The molecule has 0 bridgehead atoms. The number of nitrogen functional groups attached to an aromatic ring is 1. The number of hydrogen-bond donors (Lipinski definition) is 1. The fourth-order valence-corrected chi connectivity index (χ4v) is 2.50. The van der Waals surface area contributed by atoms with Crippen molar-refractivity contribution in [3.63, 3.8) is 0 Å². The summed E-state index contributed by atoms with van der Waals surface area (Å²) in [4.78, 5) is 27.0. The number of nitrogens with two attached hydrogens (primary N) is 1. The Labute approximate surface area is 132 Å². The van der Waals surface area contributed by atoms with Gasteiger partial charge in [0, 0.05) is 43.3 Å². The summed E-state index contributed by atoms with van der Waals surface area (Å²) in [7, 11) is 0. The largest absolute Gasteiger partial charge is 0.398 e. The van der Waals surface area contributed by atoms with Crippen LogP contribution in [0.1, 0.15) is 17.3 Å². The van der Waals surface area contributed by atoms with E-state index in [2.05, 4.69) is 15.9 Å². The first-order valence-electron chi connectivity index (χ1n) is 6.09. The van der Waals surface area contributed by atoms with Crippen LogP contribution >= 0.6 is 28.3 Å². The minimum absolute atomic E-state index is 0. The van der Waals surface area contributed by atoms with Crippen molar-refractivity contribution in [3.8, 4) is 0 Å². The highest BCUT2D eigenvalue weighted by atomic mass is 79.9. The summed E-state index contributed by atoms with van der Waals surface area (Å²) in [5, 5.41) is 0. The summed E-state index contributed by atoms with van der Waals surface area (Å²) in [6.45, 7) is 3.81. The topological polar surface area (TPSA) is 66.6 Å². The van der Waals surface area contributed by atoms with Crippen LogP contribution < -0.4 is 5.73 Å². The van der Waals surface area contributed by atoms with E-state index >= 15 is 0 Å². The molecule has 0 radical (unpaired) electrons. The van der Waals surface area contributed by atoms with E-state index in [4.69, 9.17) is 5.73 Å². The Morgan fingerprint density at radius 1 is 1.15 bits per heavy atom. The molecule has 1 aliphatic heterocycles. The molecule has 0 unspecified atom stereocenters. The van der Waals surface area contributed by atoms with Gasteiger partial charge < -0.3 is 15.5 Å². The zero-order valence-corrected chi connectivity index (χ0v) is 13.5. The molecule has 1 heterocycles. The molecule has 2 rings (SSSR count). The third-order valence-electron chi connectivity index (χ3n) is 3.26. The van der Waals surface area contributed by atoms with Gasteiger partial charge in [-0.3, -0.25) is 9.59 Å². The van der Waals surface area contributed by atoms with E-state index in [-0.39, 0.29) is 24.2 Å². The molecule has 0 saturated carbocycles. The molecular formula is C13H17BrClN3O2. The highest BCUT2D eigenvalue weighted by Gasteiger charge is 2.24. The van der Waals surface area contributed by atoms with E-state index in [0.717, 1.165) is 4.47 Å². The van der Waals surface area contributed by atoms with E-state index in [1.54, 1.807) is 34.9 Å². The zero-order valence-electron chi connectivity index (χ0n) is 11.1. The third kappa shape index (κ3) is 3.64. The van der Waals surface area contributed by atoms with Crippen LogP contribution in [0.3, 0.4) is 0 Å². The van der Waals surface area contributed by atoms with Gasteiger partial charge in [0.25, 0.3) is 5.91 Å². The first-order chi connectivity index (χ1) is 8.99. The summed E-state index contributed by atoms with van der Waals surface area (Å²) in [5.41, 5.74) is 6.84. The maximum atomic E-state index is 12.3. The summed E-state index contributed by atoms with van der Waals surface area (Å²) in [6, 6.07) is 5.24. The van der Waals surface area contributed by atoms with Crippen LogP contribution in [0.25, 0.3) is 0 Å². The van der Waals surface area contributed by atoms with Gasteiger partial charge in [0.2, 0.25) is 5.91 Å². The third-order valence-corrected chi connectivity index (χ3v) is 3.75. The predicted molar refractivity (Wildman–Crippen MR) is 84.0 cm³/mol. The first kappa shape index (κ1) is 16.8. The van der Waals surface area contributed by atoms with Gasteiger partial charge in [0.1, 0.15) is 0 Å².